The molecule has 89 heavy (non-hydrogen) atoms. The molecule has 524 valence electrons. The molecule has 3 saturated heterocycles. The van der Waals surface area contributed by atoms with Crippen molar-refractivity contribution in [3.63, 3.8) is 0 Å². The third kappa shape index (κ3) is 34.5. The molecule has 3 heterocycles. The fraction of sp³-hybridized carbons (Fsp3) is 0.929. The average molecular weight is 1270 g/mol. The van der Waals surface area contributed by atoms with E-state index in [1.54, 1.807) is 6.08 Å². The van der Waals surface area contributed by atoms with Crippen LogP contribution in [0.2, 0.25) is 0 Å². The number of carbonyl (C=O) groups excluding carboxylic acids is 1. The quantitative estimate of drug-likeness (QED) is 0.0199. The van der Waals surface area contributed by atoms with Crippen molar-refractivity contribution in [3.05, 3.63) is 24.3 Å². The van der Waals surface area contributed by atoms with Gasteiger partial charge in [-0.2, -0.15) is 0 Å². The van der Waals surface area contributed by atoms with Gasteiger partial charge in [0.25, 0.3) is 0 Å². The van der Waals surface area contributed by atoms with E-state index in [0.29, 0.717) is 6.42 Å². The van der Waals surface area contributed by atoms with Crippen LogP contribution in [0.15, 0.2) is 24.3 Å². The summed E-state index contributed by atoms with van der Waals surface area (Å²) in [6, 6.07) is -0.976. The molecule has 3 rings (SSSR count). The summed E-state index contributed by atoms with van der Waals surface area (Å²) in [7, 11) is 0. The predicted octanol–water partition coefficient (Wildman–Crippen LogP) is 9.83. The third-order valence-corrected chi connectivity index (χ3v) is 18.2. The van der Waals surface area contributed by atoms with Crippen LogP contribution >= 0.6 is 0 Å². The van der Waals surface area contributed by atoms with Gasteiger partial charge in [0.2, 0.25) is 5.91 Å². The van der Waals surface area contributed by atoms with Gasteiger partial charge in [0.15, 0.2) is 18.9 Å². The van der Waals surface area contributed by atoms with Gasteiger partial charge in [-0.3, -0.25) is 4.79 Å². The normalized spacial score (nSPS) is 28.3. The minimum absolute atomic E-state index is 0.235. The van der Waals surface area contributed by atoms with Crippen LogP contribution in [0, 0.1) is 0 Å². The van der Waals surface area contributed by atoms with Gasteiger partial charge in [-0.1, -0.05) is 256 Å². The van der Waals surface area contributed by atoms with Gasteiger partial charge in [0.05, 0.1) is 38.6 Å². The van der Waals surface area contributed by atoms with Gasteiger partial charge < -0.3 is 89.9 Å². The molecule has 0 aromatic heterocycles. The molecular weight excluding hydrogens is 1140 g/mol. The Morgan fingerprint density at radius 2 is 0.708 bits per heavy atom. The van der Waals surface area contributed by atoms with Crippen molar-refractivity contribution >= 4 is 5.91 Å². The second kappa shape index (κ2) is 52.5. The second-order valence-electron chi connectivity index (χ2n) is 26.1. The fourth-order valence-corrected chi connectivity index (χ4v) is 12.4. The molecule has 3 aliphatic rings. The minimum Gasteiger partial charge on any atom is -0.394 e. The second-order valence-corrected chi connectivity index (χ2v) is 26.1. The van der Waals surface area contributed by atoms with E-state index in [4.69, 9.17) is 28.4 Å². The first-order valence-corrected chi connectivity index (χ1v) is 36.1. The molecule has 1 amide bonds. The van der Waals surface area contributed by atoms with Crippen LogP contribution in [0.25, 0.3) is 0 Å². The first kappa shape index (κ1) is 81.5. The van der Waals surface area contributed by atoms with Gasteiger partial charge in [-0.25, -0.2) is 0 Å². The van der Waals surface area contributed by atoms with Crippen LogP contribution in [0.4, 0.5) is 0 Å². The van der Waals surface area contributed by atoms with E-state index < -0.39 is 124 Å². The van der Waals surface area contributed by atoms with E-state index in [1.165, 1.54) is 193 Å². The monoisotopic (exact) mass is 1270 g/mol. The van der Waals surface area contributed by atoms with Crippen LogP contribution in [-0.4, -0.2) is 193 Å². The molecule has 3 fully saturated rings. The predicted molar refractivity (Wildman–Crippen MR) is 346 cm³/mol. The molecule has 3 aliphatic heterocycles. The zero-order valence-corrected chi connectivity index (χ0v) is 55.4. The zero-order valence-electron chi connectivity index (χ0n) is 55.4. The van der Waals surface area contributed by atoms with Gasteiger partial charge >= 0.3 is 0 Å². The lowest BCUT2D eigenvalue weighted by Gasteiger charge is -2.48. The summed E-state index contributed by atoms with van der Waals surface area (Å²) in [6.45, 7) is 1.75. The van der Waals surface area contributed by atoms with E-state index in [1.807, 2.05) is 6.08 Å². The molecule has 17 atom stereocenters. The van der Waals surface area contributed by atoms with Crippen LogP contribution in [-0.2, 0) is 33.2 Å². The third-order valence-electron chi connectivity index (χ3n) is 18.2. The Morgan fingerprint density at radius 3 is 1.09 bits per heavy atom. The summed E-state index contributed by atoms with van der Waals surface area (Å²) < 4.78 is 34.4. The molecule has 19 heteroatoms. The molecule has 19 nitrogen and oxygen atoms in total. The van der Waals surface area contributed by atoms with Crippen molar-refractivity contribution in [1.82, 2.24) is 5.32 Å². The van der Waals surface area contributed by atoms with Crippen molar-refractivity contribution in [1.29, 1.82) is 0 Å². The number of hydrogen-bond donors (Lipinski definition) is 12. The maximum absolute atomic E-state index is 13.4. The van der Waals surface area contributed by atoms with E-state index >= 15 is 0 Å². The van der Waals surface area contributed by atoms with E-state index in [2.05, 4.69) is 31.3 Å². The summed E-state index contributed by atoms with van der Waals surface area (Å²) in [5.74, 6) is -0.281. The Labute approximate surface area is 537 Å². The number of hydrogen-bond acceptors (Lipinski definition) is 18. The number of aliphatic hydroxyl groups is 11. The van der Waals surface area contributed by atoms with Crippen LogP contribution < -0.4 is 5.32 Å². The van der Waals surface area contributed by atoms with E-state index in [9.17, 15) is 61.0 Å². The first-order chi connectivity index (χ1) is 43.3. The van der Waals surface area contributed by atoms with Crippen molar-refractivity contribution in [2.45, 2.75) is 388 Å². The van der Waals surface area contributed by atoms with Crippen LogP contribution in [0.5, 0.6) is 0 Å². The summed E-state index contributed by atoms with van der Waals surface area (Å²) in [4.78, 5) is 13.4. The molecule has 0 spiro atoms. The van der Waals surface area contributed by atoms with Gasteiger partial charge in [0.1, 0.15) is 73.2 Å². The topological polar surface area (TPSA) is 307 Å². The highest BCUT2D eigenvalue weighted by Crippen LogP contribution is 2.33. The summed E-state index contributed by atoms with van der Waals surface area (Å²) >= 11 is 0. The average Bonchev–Trinajstić information content (AvgIpc) is 1.97. The number of carbonyl (C=O) groups is 1. The molecule has 0 bridgehead atoms. The van der Waals surface area contributed by atoms with E-state index in [0.717, 1.165) is 64.2 Å². The lowest BCUT2D eigenvalue weighted by Crippen LogP contribution is -2.66. The van der Waals surface area contributed by atoms with Crippen molar-refractivity contribution in [2.24, 2.45) is 0 Å². The minimum atomic E-state index is -1.98. The van der Waals surface area contributed by atoms with Crippen LogP contribution in [0.3, 0.4) is 0 Å². The number of ether oxygens (including phenoxy) is 6. The fourth-order valence-electron chi connectivity index (χ4n) is 12.4. The Balaban J connectivity index is 1.40. The molecule has 17 unspecified atom stereocenters. The van der Waals surface area contributed by atoms with Gasteiger partial charge in [-0.15, -0.1) is 0 Å². The molecule has 0 aromatic rings. The standard InChI is InChI=1S/C70H131NO18/c1-3-5-7-9-11-13-15-17-19-20-21-22-23-24-25-26-27-28-29-30-31-32-34-35-37-39-41-43-45-47-54(75)53(71-58(76)48-46-44-42-40-38-36-33-18-16-14-12-10-8-6-4-2)52-84-68-64(82)61(79)66(56(50-73)86-68)89-70-65(83)62(80)67(57(51-74)87-70)88-69-63(81)60(78)59(77)55(49-72)85-69/h18,33,45,47,53-57,59-70,72-75,77-83H,3-17,19-32,34-44,46,48-52H2,1-2H3,(H,71,76)/b33-18-,47-45+. The maximum Gasteiger partial charge on any atom is 0.220 e. The van der Waals surface area contributed by atoms with Gasteiger partial charge in [-0.05, 0) is 44.9 Å². The number of rotatable bonds is 56. The van der Waals surface area contributed by atoms with Crippen molar-refractivity contribution < 1.29 is 89.4 Å². The highest BCUT2D eigenvalue weighted by atomic mass is 16.8. The number of allylic oxidation sites excluding steroid dienone is 3. The Bertz CT molecular complexity index is 1710. The van der Waals surface area contributed by atoms with Crippen molar-refractivity contribution in [2.75, 3.05) is 26.4 Å². The molecule has 12 N–H and O–H groups in total. The highest BCUT2D eigenvalue weighted by molar-refractivity contribution is 5.76. The molecular formula is C70H131NO18. The Hall–Kier alpha value is -1.73. The molecule has 0 aliphatic carbocycles. The lowest BCUT2D eigenvalue weighted by molar-refractivity contribution is -0.379. The number of unbranched alkanes of at least 4 members (excludes halogenated alkanes) is 38. The van der Waals surface area contributed by atoms with Crippen LogP contribution in [0.1, 0.15) is 284 Å². The molecule has 0 aromatic carbocycles. The van der Waals surface area contributed by atoms with E-state index in [-0.39, 0.29) is 18.9 Å². The smallest absolute Gasteiger partial charge is 0.220 e. The summed E-state index contributed by atoms with van der Waals surface area (Å²) in [5.41, 5.74) is 0. The Morgan fingerprint density at radius 1 is 0.393 bits per heavy atom. The zero-order chi connectivity index (χ0) is 64.7. The van der Waals surface area contributed by atoms with Crippen molar-refractivity contribution in [3.8, 4) is 0 Å². The SMILES string of the molecule is CCCCCCCC/C=C\CCCCCCCC(=O)NC(COC1OC(CO)C(OC2OC(CO)C(OC3OC(CO)C(O)C(O)C3O)C(O)C2O)C(O)C1O)C(O)/C=C/CCCCCCCCCCCCCCCCCCCCCCCCCCCCC. The first-order valence-electron chi connectivity index (χ1n) is 36.1. The maximum atomic E-state index is 13.4. The number of amides is 1. The molecule has 0 radical (unpaired) electrons. The van der Waals surface area contributed by atoms with Gasteiger partial charge in [0, 0.05) is 6.42 Å². The highest BCUT2D eigenvalue weighted by Gasteiger charge is 2.53. The largest absolute Gasteiger partial charge is 0.394 e. The number of aliphatic hydroxyl groups excluding tert-OH is 11. The summed E-state index contributed by atoms with van der Waals surface area (Å²) in [6.07, 6.45) is 33.1. The molecule has 0 saturated carbocycles. The Kier molecular flexibility index (Phi) is 48.1. The number of nitrogens with one attached hydrogen (secondary N) is 1. The summed E-state index contributed by atoms with van der Waals surface area (Å²) in [5, 5.41) is 121. The lowest BCUT2D eigenvalue weighted by atomic mass is 9.96.